The van der Waals surface area contributed by atoms with Crippen molar-refractivity contribution in [2.75, 3.05) is 12.3 Å². The van der Waals surface area contributed by atoms with Gasteiger partial charge in [-0.2, -0.15) is 0 Å². The van der Waals surface area contributed by atoms with E-state index in [0.717, 1.165) is 35.4 Å². The lowest BCUT2D eigenvalue weighted by molar-refractivity contribution is 0.112. The molecule has 1 saturated carbocycles. The van der Waals surface area contributed by atoms with Gasteiger partial charge in [0.25, 0.3) is 0 Å². The summed E-state index contributed by atoms with van der Waals surface area (Å²) in [4.78, 5) is 20.2. The number of hydrogen-bond donors (Lipinski definition) is 1. The first-order valence-electron chi connectivity index (χ1n) is 8.50. The summed E-state index contributed by atoms with van der Waals surface area (Å²) in [6.07, 6.45) is 7.68. The topological polar surface area (TPSA) is 68.3 Å². The van der Waals surface area contributed by atoms with Crippen molar-refractivity contribution in [3.8, 4) is 0 Å². The zero-order chi connectivity index (χ0) is 16.9. The van der Waals surface area contributed by atoms with E-state index in [1.54, 1.807) is 6.20 Å². The van der Waals surface area contributed by atoms with Crippen LogP contribution in [0.4, 0.5) is 5.69 Å². The molecule has 1 fully saturated rings. The molecule has 0 saturated heterocycles. The Balaban J connectivity index is 2.02. The van der Waals surface area contributed by atoms with E-state index in [4.69, 9.17) is 10.7 Å². The van der Waals surface area contributed by atoms with Crippen LogP contribution in [0.25, 0.3) is 0 Å². The normalized spacial score (nSPS) is 15.6. The van der Waals surface area contributed by atoms with Crippen LogP contribution in [0.1, 0.15) is 52.9 Å². The van der Waals surface area contributed by atoms with Crippen molar-refractivity contribution in [2.24, 2.45) is 10.9 Å². The Morgan fingerprint density at radius 1 is 1.25 bits per heavy atom. The fourth-order valence-electron chi connectivity index (χ4n) is 3.34. The van der Waals surface area contributed by atoms with Gasteiger partial charge in [0, 0.05) is 40.8 Å². The lowest BCUT2D eigenvalue weighted by atomic mass is 9.98. The molecule has 4 heteroatoms. The number of nitrogens with two attached hydrogens (primary N) is 1. The van der Waals surface area contributed by atoms with Crippen LogP contribution in [0.3, 0.4) is 0 Å². The molecule has 0 aliphatic heterocycles. The summed E-state index contributed by atoms with van der Waals surface area (Å²) in [6.45, 7) is 2.77. The number of carbonyl (C=O) groups is 1. The summed E-state index contributed by atoms with van der Waals surface area (Å²) in [5.41, 5.74) is 11.2. The van der Waals surface area contributed by atoms with Gasteiger partial charge in [0.1, 0.15) is 6.29 Å². The Morgan fingerprint density at radius 3 is 2.58 bits per heavy atom. The van der Waals surface area contributed by atoms with E-state index in [-0.39, 0.29) is 0 Å². The molecule has 1 aliphatic carbocycles. The fourth-order valence-corrected chi connectivity index (χ4v) is 3.34. The maximum atomic E-state index is 10.9. The molecule has 2 aromatic rings. The van der Waals surface area contributed by atoms with Crippen LogP contribution in [0.2, 0.25) is 0 Å². The number of anilines is 1. The number of carbonyl (C=O) groups excluding carboxylic acids is 1. The van der Waals surface area contributed by atoms with Crippen molar-refractivity contribution in [1.29, 1.82) is 0 Å². The second-order valence-corrected chi connectivity index (χ2v) is 6.44. The van der Waals surface area contributed by atoms with Gasteiger partial charge >= 0.3 is 0 Å². The molecule has 3 rings (SSSR count). The number of benzene rings is 1. The first-order valence-corrected chi connectivity index (χ1v) is 8.50. The zero-order valence-corrected chi connectivity index (χ0v) is 14.0. The van der Waals surface area contributed by atoms with Crippen LogP contribution in [0.5, 0.6) is 0 Å². The highest BCUT2D eigenvalue weighted by molar-refractivity contribution is 6.16. The molecular weight excluding hydrogens is 298 g/mol. The van der Waals surface area contributed by atoms with Crippen LogP contribution >= 0.6 is 0 Å². The highest BCUT2D eigenvalue weighted by atomic mass is 16.1. The van der Waals surface area contributed by atoms with E-state index in [9.17, 15) is 4.79 Å². The largest absolute Gasteiger partial charge is 0.398 e. The molecule has 2 N–H and O–H groups in total. The minimum atomic E-state index is 0.657. The Kier molecular flexibility index (Phi) is 5.04. The number of pyridine rings is 1. The van der Waals surface area contributed by atoms with Gasteiger partial charge < -0.3 is 5.73 Å². The predicted octanol–water partition coefficient (Wildman–Crippen LogP) is 3.81. The van der Waals surface area contributed by atoms with Crippen LogP contribution in [-0.2, 0) is 0 Å². The summed E-state index contributed by atoms with van der Waals surface area (Å²) in [6, 6.07) is 9.31. The van der Waals surface area contributed by atoms with Crippen molar-refractivity contribution in [2.45, 2.75) is 32.6 Å². The third kappa shape index (κ3) is 3.53. The van der Waals surface area contributed by atoms with Crippen LogP contribution in [0.15, 0.2) is 41.5 Å². The molecule has 24 heavy (non-hydrogen) atoms. The standard InChI is InChI=1S/C20H23N3O/c1-14-19(18(21)10-11-22-14)20(23-12-15-4-2-3-5-15)17-8-6-16(13-24)7-9-17/h6-11,13,15H,2-5,12H2,1H3,(H2,21,22). The molecular formula is C20H23N3O. The lowest BCUT2D eigenvalue weighted by Crippen LogP contribution is -2.12. The first kappa shape index (κ1) is 16.4. The minimum absolute atomic E-state index is 0.657. The van der Waals surface area contributed by atoms with Gasteiger partial charge in [-0.05, 0) is 31.7 Å². The van der Waals surface area contributed by atoms with Crippen molar-refractivity contribution in [3.05, 3.63) is 58.9 Å². The van der Waals surface area contributed by atoms with E-state index >= 15 is 0 Å². The Bertz CT molecular complexity index is 724. The Hall–Kier alpha value is -2.49. The molecule has 0 unspecified atom stereocenters. The number of aromatic nitrogens is 1. The molecule has 124 valence electrons. The highest BCUT2D eigenvalue weighted by Gasteiger charge is 2.18. The number of aldehydes is 1. The van der Waals surface area contributed by atoms with Gasteiger partial charge in [-0.15, -0.1) is 0 Å². The molecule has 0 atom stereocenters. The predicted molar refractivity (Wildman–Crippen MR) is 97.7 cm³/mol. The van der Waals surface area contributed by atoms with Gasteiger partial charge in [0.15, 0.2) is 0 Å². The number of aryl methyl sites for hydroxylation is 1. The Morgan fingerprint density at radius 2 is 1.96 bits per heavy atom. The summed E-state index contributed by atoms with van der Waals surface area (Å²) in [5, 5.41) is 0. The van der Waals surface area contributed by atoms with Gasteiger partial charge in [-0.1, -0.05) is 37.1 Å². The van der Waals surface area contributed by atoms with Crippen LogP contribution < -0.4 is 5.73 Å². The summed E-state index contributed by atoms with van der Waals surface area (Å²) in [7, 11) is 0. The molecule has 1 aliphatic rings. The van der Waals surface area contributed by atoms with Gasteiger partial charge in [0.05, 0.1) is 5.71 Å². The van der Waals surface area contributed by atoms with Gasteiger partial charge in [-0.3, -0.25) is 14.8 Å². The smallest absolute Gasteiger partial charge is 0.150 e. The van der Waals surface area contributed by atoms with E-state index in [1.165, 1.54) is 25.7 Å². The monoisotopic (exact) mass is 321 g/mol. The maximum Gasteiger partial charge on any atom is 0.150 e. The molecule has 0 radical (unpaired) electrons. The number of rotatable bonds is 5. The molecule has 0 spiro atoms. The van der Waals surface area contributed by atoms with E-state index < -0.39 is 0 Å². The molecule has 1 aromatic heterocycles. The second-order valence-electron chi connectivity index (χ2n) is 6.44. The number of nitrogen functional groups attached to an aromatic ring is 1. The SMILES string of the molecule is Cc1nccc(N)c1C(=NCC1CCCC1)c1ccc(C=O)cc1. The first-order chi connectivity index (χ1) is 11.7. The molecule has 1 aromatic carbocycles. The number of aliphatic imine (C=N–C) groups is 1. The summed E-state index contributed by atoms with van der Waals surface area (Å²) >= 11 is 0. The average Bonchev–Trinajstić information content (AvgIpc) is 3.11. The highest BCUT2D eigenvalue weighted by Crippen LogP contribution is 2.26. The van der Waals surface area contributed by atoms with E-state index in [1.807, 2.05) is 37.3 Å². The van der Waals surface area contributed by atoms with Gasteiger partial charge in [-0.25, -0.2) is 0 Å². The van der Waals surface area contributed by atoms with E-state index in [0.29, 0.717) is 17.2 Å². The lowest BCUT2D eigenvalue weighted by Gasteiger charge is -2.14. The fraction of sp³-hybridized carbons (Fsp3) is 0.350. The quantitative estimate of drug-likeness (QED) is 0.672. The maximum absolute atomic E-state index is 10.9. The van der Waals surface area contributed by atoms with Crippen molar-refractivity contribution >= 4 is 17.7 Å². The number of hydrogen-bond acceptors (Lipinski definition) is 4. The third-order valence-corrected chi connectivity index (χ3v) is 4.71. The average molecular weight is 321 g/mol. The summed E-state index contributed by atoms with van der Waals surface area (Å²) < 4.78 is 0. The van der Waals surface area contributed by atoms with Crippen molar-refractivity contribution in [1.82, 2.24) is 4.98 Å². The molecule has 1 heterocycles. The van der Waals surface area contributed by atoms with Crippen LogP contribution in [-0.4, -0.2) is 23.5 Å². The molecule has 4 nitrogen and oxygen atoms in total. The van der Waals surface area contributed by atoms with Gasteiger partial charge in [0.2, 0.25) is 0 Å². The van der Waals surface area contributed by atoms with Crippen molar-refractivity contribution in [3.63, 3.8) is 0 Å². The van der Waals surface area contributed by atoms with E-state index in [2.05, 4.69) is 4.98 Å². The summed E-state index contributed by atoms with van der Waals surface area (Å²) in [5.74, 6) is 0.660. The minimum Gasteiger partial charge on any atom is -0.398 e. The zero-order valence-electron chi connectivity index (χ0n) is 14.0. The van der Waals surface area contributed by atoms with Crippen molar-refractivity contribution < 1.29 is 4.79 Å². The van der Waals surface area contributed by atoms with Crippen LogP contribution in [0, 0.1) is 12.8 Å². The number of nitrogens with zero attached hydrogens (tertiary/aromatic N) is 2. The second kappa shape index (κ2) is 7.39. The third-order valence-electron chi connectivity index (χ3n) is 4.71. The Labute approximate surface area is 142 Å². The molecule has 0 bridgehead atoms. The molecule has 0 amide bonds.